The Morgan fingerprint density at radius 2 is 2.11 bits per heavy atom. The summed E-state index contributed by atoms with van der Waals surface area (Å²) in [4.78, 5) is 8.25. The van der Waals surface area contributed by atoms with Gasteiger partial charge in [-0.1, -0.05) is 6.07 Å². The van der Waals surface area contributed by atoms with Crippen molar-refractivity contribution >= 4 is 16.8 Å². The monoisotopic (exact) mass is 239 g/mol. The second kappa shape index (κ2) is 4.49. The Kier molecular flexibility index (Phi) is 2.68. The number of anilines is 1. The molecule has 0 spiro atoms. The number of nitrogens with two attached hydrogens (primary N) is 1. The minimum atomic E-state index is 0.608. The molecule has 3 heterocycles. The molecule has 0 amide bonds. The quantitative estimate of drug-likeness (QED) is 0.763. The fourth-order valence-corrected chi connectivity index (χ4v) is 1.95. The van der Waals surface area contributed by atoms with E-state index in [2.05, 4.69) is 16.0 Å². The average molecular weight is 239 g/mol. The van der Waals surface area contributed by atoms with Crippen molar-refractivity contribution in [2.24, 2.45) is 0 Å². The van der Waals surface area contributed by atoms with Crippen LogP contribution in [0, 0.1) is 0 Å². The second-order valence-corrected chi connectivity index (χ2v) is 4.19. The molecule has 0 aromatic carbocycles. The van der Waals surface area contributed by atoms with Crippen LogP contribution in [-0.2, 0) is 12.8 Å². The summed E-state index contributed by atoms with van der Waals surface area (Å²) >= 11 is 0. The van der Waals surface area contributed by atoms with E-state index in [1.165, 1.54) is 5.56 Å². The Morgan fingerprint density at radius 1 is 1.17 bits per heavy atom. The van der Waals surface area contributed by atoms with Gasteiger partial charge in [0.2, 0.25) is 5.71 Å². The molecule has 4 nitrogen and oxygen atoms in total. The molecule has 0 atom stereocenters. The standard InChI is InChI=1S/C14H13N3O/c15-13-5-7-17-14-12(13)8-11(18-14)4-3-10-2-1-6-16-9-10/h1-2,5-9H,3-4H2,(H2,15,17). The number of nitrogens with zero attached hydrogens (tertiary/aromatic N) is 2. The van der Waals surface area contributed by atoms with Crippen LogP contribution < -0.4 is 5.73 Å². The van der Waals surface area contributed by atoms with Crippen molar-refractivity contribution in [3.8, 4) is 0 Å². The molecule has 0 aliphatic carbocycles. The number of hydrogen-bond acceptors (Lipinski definition) is 4. The molecule has 3 aromatic heterocycles. The number of rotatable bonds is 3. The van der Waals surface area contributed by atoms with E-state index in [1.807, 2.05) is 18.3 Å². The van der Waals surface area contributed by atoms with Crippen molar-refractivity contribution in [3.63, 3.8) is 0 Å². The van der Waals surface area contributed by atoms with Crippen molar-refractivity contribution in [3.05, 3.63) is 54.2 Å². The summed E-state index contributed by atoms with van der Waals surface area (Å²) in [5.41, 5.74) is 8.37. The SMILES string of the molecule is Nc1ccnc2oc(CCc3cccnc3)cc12. The Hall–Kier alpha value is -2.36. The third kappa shape index (κ3) is 2.05. The van der Waals surface area contributed by atoms with E-state index in [-0.39, 0.29) is 0 Å². The Balaban J connectivity index is 1.81. The van der Waals surface area contributed by atoms with Crippen LogP contribution in [0.4, 0.5) is 5.69 Å². The van der Waals surface area contributed by atoms with Crippen LogP contribution in [-0.4, -0.2) is 9.97 Å². The van der Waals surface area contributed by atoms with Gasteiger partial charge in [-0.2, -0.15) is 0 Å². The molecule has 4 heteroatoms. The van der Waals surface area contributed by atoms with Crippen LogP contribution in [0.2, 0.25) is 0 Å². The molecule has 0 aliphatic heterocycles. The maximum atomic E-state index is 5.87. The maximum absolute atomic E-state index is 5.87. The summed E-state index contributed by atoms with van der Waals surface area (Å²) < 4.78 is 5.66. The van der Waals surface area contributed by atoms with E-state index >= 15 is 0 Å². The minimum absolute atomic E-state index is 0.608. The van der Waals surface area contributed by atoms with E-state index in [9.17, 15) is 0 Å². The number of aromatic nitrogens is 2. The van der Waals surface area contributed by atoms with Gasteiger partial charge in [0, 0.05) is 30.7 Å². The third-order valence-electron chi connectivity index (χ3n) is 2.90. The van der Waals surface area contributed by atoms with Crippen LogP contribution in [0.15, 0.2) is 47.3 Å². The zero-order valence-electron chi connectivity index (χ0n) is 9.84. The number of fused-ring (bicyclic) bond motifs is 1. The van der Waals surface area contributed by atoms with Crippen molar-refractivity contribution in [2.45, 2.75) is 12.8 Å². The van der Waals surface area contributed by atoms with Gasteiger partial charge in [0.05, 0.1) is 5.39 Å². The number of aryl methyl sites for hydroxylation is 2. The number of pyridine rings is 2. The largest absolute Gasteiger partial charge is 0.443 e. The molecule has 18 heavy (non-hydrogen) atoms. The summed E-state index contributed by atoms with van der Waals surface area (Å²) in [5, 5.41) is 0.888. The number of nitrogen functional groups attached to an aromatic ring is 1. The lowest BCUT2D eigenvalue weighted by Crippen LogP contribution is -1.89. The molecule has 3 rings (SSSR count). The fourth-order valence-electron chi connectivity index (χ4n) is 1.95. The van der Waals surface area contributed by atoms with Crippen LogP contribution in [0.25, 0.3) is 11.1 Å². The third-order valence-corrected chi connectivity index (χ3v) is 2.90. The molecule has 0 bridgehead atoms. The van der Waals surface area contributed by atoms with Crippen LogP contribution in [0.5, 0.6) is 0 Å². The van der Waals surface area contributed by atoms with Gasteiger partial charge in [-0.25, -0.2) is 4.98 Å². The molecule has 0 aliphatic rings. The van der Waals surface area contributed by atoms with Crippen molar-refractivity contribution in [2.75, 3.05) is 5.73 Å². The van der Waals surface area contributed by atoms with Crippen LogP contribution >= 0.6 is 0 Å². The fraction of sp³-hybridized carbons (Fsp3) is 0.143. The highest BCUT2D eigenvalue weighted by molar-refractivity contribution is 5.86. The molecular formula is C14H13N3O. The van der Waals surface area contributed by atoms with Gasteiger partial charge in [-0.05, 0) is 30.2 Å². The lowest BCUT2D eigenvalue weighted by Gasteiger charge is -1.97. The van der Waals surface area contributed by atoms with Gasteiger partial charge in [-0.15, -0.1) is 0 Å². The number of hydrogen-bond donors (Lipinski definition) is 1. The normalized spacial score (nSPS) is 10.9. The summed E-state index contributed by atoms with van der Waals surface area (Å²) in [6, 6.07) is 7.74. The molecule has 0 saturated heterocycles. The first-order valence-corrected chi connectivity index (χ1v) is 5.85. The summed E-state index contributed by atoms with van der Waals surface area (Å²) in [6.07, 6.45) is 7.02. The summed E-state index contributed by atoms with van der Waals surface area (Å²) in [5.74, 6) is 0.902. The number of furan rings is 1. The van der Waals surface area contributed by atoms with Crippen LogP contribution in [0.3, 0.4) is 0 Å². The van der Waals surface area contributed by atoms with E-state index in [0.29, 0.717) is 11.4 Å². The van der Waals surface area contributed by atoms with Gasteiger partial charge in [-0.3, -0.25) is 4.98 Å². The Morgan fingerprint density at radius 3 is 2.89 bits per heavy atom. The van der Waals surface area contributed by atoms with Gasteiger partial charge < -0.3 is 10.2 Å². The van der Waals surface area contributed by atoms with Crippen molar-refractivity contribution in [1.82, 2.24) is 9.97 Å². The van der Waals surface area contributed by atoms with Gasteiger partial charge >= 0.3 is 0 Å². The highest BCUT2D eigenvalue weighted by Gasteiger charge is 2.07. The van der Waals surface area contributed by atoms with Crippen molar-refractivity contribution in [1.29, 1.82) is 0 Å². The predicted molar refractivity (Wildman–Crippen MR) is 70.1 cm³/mol. The van der Waals surface area contributed by atoms with Gasteiger partial charge in [0.1, 0.15) is 5.76 Å². The maximum Gasteiger partial charge on any atom is 0.228 e. The topological polar surface area (TPSA) is 64.9 Å². The first kappa shape index (κ1) is 10.8. The molecule has 0 unspecified atom stereocenters. The summed E-state index contributed by atoms with van der Waals surface area (Å²) in [7, 11) is 0. The van der Waals surface area contributed by atoms with E-state index in [4.69, 9.17) is 10.2 Å². The Bertz CT molecular complexity index is 661. The van der Waals surface area contributed by atoms with E-state index in [0.717, 1.165) is 24.0 Å². The first-order chi connectivity index (χ1) is 8.83. The molecule has 0 saturated carbocycles. The Labute approximate surface area is 104 Å². The van der Waals surface area contributed by atoms with E-state index < -0.39 is 0 Å². The second-order valence-electron chi connectivity index (χ2n) is 4.19. The summed E-state index contributed by atoms with van der Waals surface area (Å²) in [6.45, 7) is 0. The zero-order chi connectivity index (χ0) is 12.4. The molecule has 0 radical (unpaired) electrons. The van der Waals surface area contributed by atoms with Gasteiger partial charge in [0.25, 0.3) is 0 Å². The van der Waals surface area contributed by atoms with Gasteiger partial charge in [0.15, 0.2) is 0 Å². The molecule has 3 aromatic rings. The van der Waals surface area contributed by atoms with Crippen molar-refractivity contribution < 1.29 is 4.42 Å². The lowest BCUT2D eigenvalue weighted by molar-refractivity contribution is 0.538. The molecule has 0 fully saturated rings. The highest BCUT2D eigenvalue weighted by Crippen LogP contribution is 2.23. The highest BCUT2D eigenvalue weighted by atomic mass is 16.3. The first-order valence-electron chi connectivity index (χ1n) is 5.85. The predicted octanol–water partition coefficient (Wildman–Crippen LogP) is 2.59. The van der Waals surface area contributed by atoms with Crippen LogP contribution in [0.1, 0.15) is 11.3 Å². The van der Waals surface area contributed by atoms with E-state index in [1.54, 1.807) is 18.5 Å². The molecular weight excluding hydrogens is 226 g/mol. The lowest BCUT2D eigenvalue weighted by atomic mass is 10.1. The smallest absolute Gasteiger partial charge is 0.228 e. The molecule has 90 valence electrons. The zero-order valence-corrected chi connectivity index (χ0v) is 9.84. The average Bonchev–Trinajstić information content (AvgIpc) is 2.82. The minimum Gasteiger partial charge on any atom is -0.443 e. The molecule has 2 N–H and O–H groups in total.